The molecule has 2 rings (SSSR count). The van der Waals surface area contributed by atoms with Gasteiger partial charge in [-0.3, -0.25) is 9.48 Å². The number of carbonyl (C=O) groups is 1. The van der Waals surface area contributed by atoms with Crippen LogP contribution in [0.4, 0.5) is 0 Å². The summed E-state index contributed by atoms with van der Waals surface area (Å²) in [5, 5.41) is 10.5. The smallest absolute Gasteiger partial charge is 0.254 e. The van der Waals surface area contributed by atoms with Gasteiger partial charge in [0.2, 0.25) is 0 Å². The minimum atomic E-state index is -0.0136. The Bertz CT molecular complexity index is 438. The van der Waals surface area contributed by atoms with E-state index >= 15 is 0 Å². The van der Waals surface area contributed by atoms with Gasteiger partial charge in [0.15, 0.2) is 0 Å². The molecule has 0 spiro atoms. The Kier molecular flexibility index (Phi) is 5.38. The molecule has 1 fully saturated rings. The summed E-state index contributed by atoms with van der Waals surface area (Å²) in [6, 6.07) is 0. The minimum Gasteiger partial charge on any atom is -0.351 e. The Morgan fingerprint density at radius 3 is 2.68 bits per heavy atom. The standard InChI is InChI=1S/C13H22N4O.ClH/c1-10-11(8-16-17(10)3)12(18)15-9-13(2)4-6-14-7-5-13;/h8,14H,4-7,9H2,1-3H3,(H,15,18);1H. The number of halogens is 1. The van der Waals surface area contributed by atoms with Crippen LogP contribution in [0.3, 0.4) is 0 Å². The fraction of sp³-hybridized carbons (Fsp3) is 0.692. The molecule has 1 aromatic rings. The number of aromatic nitrogens is 2. The van der Waals surface area contributed by atoms with Crippen molar-refractivity contribution in [1.29, 1.82) is 0 Å². The van der Waals surface area contributed by atoms with Gasteiger partial charge in [-0.25, -0.2) is 0 Å². The van der Waals surface area contributed by atoms with E-state index in [-0.39, 0.29) is 23.7 Å². The summed E-state index contributed by atoms with van der Waals surface area (Å²) in [6.45, 7) is 6.97. The molecule has 0 aromatic carbocycles. The van der Waals surface area contributed by atoms with Crippen LogP contribution in [0.1, 0.15) is 35.8 Å². The molecule has 0 bridgehead atoms. The molecule has 1 aromatic heterocycles. The van der Waals surface area contributed by atoms with Gasteiger partial charge in [0.1, 0.15) is 0 Å². The van der Waals surface area contributed by atoms with Gasteiger partial charge in [0, 0.05) is 19.3 Å². The number of piperidine rings is 1. The summed E-state index contributed by atoms with van der Waals surface area (Å²) in [6.07, 6.45) is 3.86. The van der Waals surface area contributed by atoms with Crippen LogP contribution < -0.4 is 10.6 Å². The molecule has 1 amide bonds. The number of amides is 1. The first-order valence-electron chi connectivity index (χ1n) is 6.49. The zero-order valence-electron chi connectivity index (χ0n) is 11.8. The fourth-order valence-corrected chi connectivity index (χ4v) is 2.32. The van der Waals surface area contributed by atoms with Crippen molar-refractivity contribution in [2.75, 3.05) is 19.6 Å². The summed E-state index contributed by atoms with van der Waals surface area (Å²) >= 11 is 0. The van der Waals surface area contributed by atoms with E-state index in [1.54, 1.807) is 10.9 Å². The van der Waals surface area contributed by atoms with E-state index in [0.717, 1.165) is 38.2 Å². The Hall–Kier alpha value is -1.07. The highest BCUT2D eigenvalue weighted by Gasteiger charge is 2.27. The maximum Gasteiger partial charge on any atom is 0.254 e. The Balaban J connectivity index is 0.00000180. The minimum absolute atomic E-state index is 0. The number of carbonyl (C=O) groups excluding carboxylic acids is 1. The van der Waals surface area contributed by atoms with Crippen molar-refractivity contribution >= 4 is 18.3 Å². The molecular weight excluding hydrogens is 264 g/mol. The molecule has 2 N–H and O–H groups in total. The zero-order valence-corrected chi connectivity index (χ0v) is 12.6. The average molecular weight is 287 g/mol. The molecule has 0 aliphatic carbocycles. The van der Waals surface area contributed by atoms with E-state index in [0.29, 0.717) is 5.56 Å². The number of nitrogens with zero attached hydrogens (tertiary/aromatic N) is 2. The fourth-order valence-electron chi connectivity index (χ4n) is 2.32. The molecule has 0 saturated carbocycles. The largest absolute Gasteiger partial charge is 0.351 e. The average Bonchev–Trinajstić information content (AvgIpc) is 2.68. The molecule has 1 aliphatic rings. The van der Waals surface area contributed by atoms with E-state index in [4.69, 9.17) is 0 Å². The van der Waals surface area contributed by atoms with Crippen LogP contribution in [-0.2, 0) is 7.05 Å². The lowest BCUT2D eigenvalue weighted by Gasteiger charge is -2.34. The Labute approximate surface area is 120 Å². The summed E-state index contributed by atoms with van der Waals surface area (Å²) in [5.41, 5.74) is 1.80. The third-order valence-corrected chi connectivity index (χ3v) is 3.97. The quantitative estimate of drug-likeness (QED) is 0.880. The van der Waals surface area contributed by atoms with Gasteiger partial charge >= 0.3 is 0 Å². The molecule has 6 heteroatoms. The molecule has 108 valence electrons. The first kappa shape index (κ1) is 16.0. The Morgan fingerprint density at radius 2 is 2.16 bits per heavy atom. The number of hydrogen-bond acceptors (Lipinski definition) is 3. The third kappa shape index (κ3) is 3.70. The summed E-state index contributed by atoms with van der Waals surface area (Å²) < 4.78 is 1.72. The van der Waals surface area contributed by atoms with E-state index in [1.165, 1.54) is 0 Å². The predicted octanol–water partition coefficient (Wildman–Crippen LogP) is 1.27. The van der Waals surface area contributed by atoms with Crippen molar-refractivity contribution in [2.24, 2.45) is 12.5 Å². The topological polar surface area (TPSA) is 59.0 Å². The molecule has 1 saturated heterocycles. The maximum absolute atomic E-state index is 12.1. The highest BCUT2D eigenvalue weighted by molar-refractivity contribution is 5.95. The van der Waals surface area contributed by atoms with Crippen LogP contribution in [0.25, 0.3) is 0 Å². The lowest BCUT2D eigenvalue weighted by atomic mass is 9.81. The van der Waals surface area contributed by atoms with Crippen LogP contribution in [0.15, 0.2) is 6.20 Å². The van der Waals surface area contributed by atoms with Gasteiger partial charge in [-0.1, -0.05) is 6.92 Å². The predicted molar refractivity (Wildman–Crippen MR) is 77.7 cm³/mol. The molecule has 19 heavy (non-hydrogen) atoms. The second-order valence-electron chi connectivity index (χ2n) is 5.51. The van der Waals surface area contributed by atoms with Gasteiger partial charge in [0.25, 0.3) is 5.91 Å². The van der Waals surface area contributed by atoms with Crippen molar-refractivity contribution in [3.63, 3.8) is 0 Å². The zero-order chi connectivity index (χ0) is 13.2. The number of nitrogens with one attached hydrogen (secondary N) is 2. The molecule has 0 atom stereocenters. The van der Waals surface area contributed by atoms with Gasteiger partial charge in [0.05, 0.1) is 11.8 Å². The van der Waals surface area contributed by atoms with Crippen LogP contribution in [0, 0.1) is 12.3 Å². The van der Waals surface area contributed by atoms with Gasteiger partial charge in [-0.2, -0.15) is 5.10 Å². The van der Waals surface area contributed by atoms with Gasteiger partial charge in [-0.15, -0.1) is 12.4 Å². The summed E-state index contributed by atoms with van der Waals surface area (Å²) in [5.74, 6) is -0.0136. The first-order valence-corrected chi connectivity index (χ1v) is 6.49. The molecule has 0 radical (unpaired) electrons. The summed E-state index contributed by atoms with van der Waals surface area (Å²) in [7, 11) is 1.85. The van der Waals surface area contributed by atoms with Crippen molar-refractivity contribution < 1.29 is 4.79 Å². The van der Waals surface area contributed by atoms with Crippen molar-refractivity contribution in [1.82, 2.24) is 20.4 Å². The lowest BCUT2D eigenvalue weighted by molar-refractivity contribution is 0.0921. The first-order chi connectivity index (χ1) is 8.52. The highest BCUT2D eigenvalue weighted by Crippen LogP contribution is 2.26. The van der Waals surface area contributed by atoms with Gasteiger partial charge in [-0.05, 0) is 38.3 Å². The van der Waals surface area contributed by atoms with Crippen molar-refractivity contribution in [3.05, 3.63) is 17.5 Å². The van der Waals surface area contributed by atoms with Crippen LogP contribution >= 0.6 is 12.4 Å². The molecule has 2 heterocycles. The Morgan fingerprint density at radius 1 is 1.53 bits per heavy atom. The van der Waals surface area contributed by atoms with E-state index < -0.39 is 0 Å². The highest BCUT2D eigenvalue weighted by atomic mass is 35.5. The number of rotatable bonds is 3. The third-order valence-electron chi connectivity index (χ3n) is 3.97. The maximum atomic E-state index is 12.1. The molecule has 1 aliphatic heterocycles. The van der Waals surface area contributed by atoms with Crippen LogP contribution in [0.5, 0.6) is 0 Å². The van der Waals surface area contributed by atoms with E-state index in [1.807, 2.05) is 14.0 Å². The van der Waals surface area contributed by atoms with Crippen molar-refractivity contribution in [2.45, 2.75) is 26.7 Å². The van der Waals surface area contributed by atoms with E-state index in [9.17, 15) is 4.79 Å². The second-order valence-corrected chi connectivity index (χ2v) is 5.51. The second kappa shape index (κ2) is 6.39. The van der Waals surface area contributed by atoms with Crippen LogP contribution in [0.2, 0.25) is 0 Å². The van der Waals surface area contributed by atoms with Crippen molar-refractivity contribution in [3.8, 4) is 0 Å². The molecule has 0 unspecified atom stereocenters. The summed E-state index contributed by atoms with van der Waals surface area (Å²) in [4.78, 5) is 12.1. The monoisotopic (exact) mass is 286 g/mol. The number of hydrogen-bond donors (Lipinski definition) is 2. The SMILES string of the molecule is Cc1c(C(=O)NCC2(C)CCNCC2)cnn1C.Cl. The lowest BCUT2D eigenvalue weighted by Crippen LogP contribution is -2.42. The molecule has 5 nitrogen and oxygen atoms in total. The van der Waals surface area contributed by atoms with Gasteiger partial charge < -0.3 is 10.6 Å². The molecular formula is C13H23ClN4O. The normalized spacial score (nSPS) is 17.6. The van der Waals surface area contributed by atoms with Crippen LogP contribution in [-0.4, -0.2) is 35.3 Å². The number of aryl methyl sites for hydroxylation is 1. The van der Waals surface area contributed by atoms with E-state index in [2.05, 4.69) is 22.7 Å².